The molecule has 0 bridgehead atoms. The Hall–Kier alpha value is -2.57. The molecule has 0 spiro atoms. The van der Waals surface area contributed by atoms with Gasteiger partial charge in [0, 0.05) is 24.3 Å². The highest BCUT2D eigenvalue weighted by Gasteiger charge is 2.45. The van der Waals surface area contributed by atoms with Gasteiger partial charge in [-0.1, -0.05) is 0 Å². The first-order valence-electron chi connectivity index (χ1n) is 7.23. The van der Waals surface area contributed by atoms with Gasteiger partial charge in [0.15, 0.2) is 0 Å². The number of carbonyl (C=O) groups excluding carboxylic acids is 2. The molecule has 1 aromatic carbocycles. The molecule has 1 aromatic rings. The fraction of sp³-hybridized carbons (Fsp3) is 0.400. The number of urea groups is 1. The molecule has 3 rings (SSSR count). The molecule has 0 atom stereocenters. The van der Waals surface area contributed by atoms with Crippen LogP contribution in [0.25, 0.3) is 0 Å². The molecule has 3 N–H and O–H groups in total. The van der Waals surface area contributed by atoms with Gasteiger partial charge in [0.05, 0.1) is 0 Å². The average Bonchev–Trinajstić information content (AvgIpc) is 2.88. The Labute approximate surface area is 127 Å². The SMILES string of the molecule is O=C(NC1(C(=O)O)CCC1)c1ccc(N2CCNC2=O)cc1. The van der Waals surface area contributed by atoms with Gasteiger partial charge in [-0.15, -0.1) is 0 Å². The highest BCUT2D eigenvalue weighted by molar-refractivity contribution is 5.99. The maximum atomic E-state index is 12.2. The van der Waals surface area contributed by atoms with Crippen LogP contribution in [0.5, 0.6) is 0 Å². The normalized spacial score (nSPS) is 19.3. The number of nitrogens with zero attached hydrogens (tertiary/aromatic N) is 1. The van der Waals surface area contributed by atoms with Crippen molar-refractivity contribution in [3.05, 3.63) is 29.8 Å². The van der Waals surface area contributed by atoms with Crippen LogP contribution in [0.1, 0.15) is 29.6 Å². The third kappa shape index (κ3) is 2.38. The zero-order chi connectivity index (χ0) is 15.7. The van der Waals surface area contributed by atoms with Gasteiger partial charge in [-0.05, 0) is 43.5 Å². The number of rotatable bonds is 4. The van der Waals surface area contributed by atoms with Crippen LogP contribution in [0.4, 0.5) is 10.5 Å². The van der Waals surface area contributed by atoms with E-state index in [0.29, 0.717) is 37.2 Å². The second-order valence-corrected chi connectivity index (χ2v) is 5.63. The van der Waals surface area contributed by atoms with E-state index < -0.39 is 17.4 Å². The van der Waals surface area contributed by atoms with Crippen molar-refractivity contribution < 1.29 is 19.5 Å². The summed E-state index contributed by atoms with van der Waals surface area (Å²) in [5.41, 5.74) is -0.0241. The number of amides is 3. The smallest absolute Gasteiger partial charge is 0.329 e. The molecule has 2 aliphatic rings. The van der Waals surface area contributed by atoms with E-state index in [1.165, 1.54) is 0 Å². The lowest BCUT2D eigenvalue weighted by atomic mass is 9.76. The second kappa shape index (κ2) is 5.32. The first-order valence-corrected chi connectivity index (χ1v) is 7.23. The van der Waals surface area contributed by atoms with E-state index in [1.807, 2.05) is 0 Å². The molecule has 0 radical (unpaired) electrons. The molecule has 7 nitrogen and oxygen atoms in total. The number of hydrogen-bond acceptors (Lipinski definition) is 3. The van der Waals surface area contributed by atoms with Gasteiger partial charge < -0.3 is 15.7 Å². The molecule has 0 aromatic heterocycles. The van der Waals surface area contributed by atoms with Crippen LogP contribution in [-0.2, 0) is 4.79 Å². The number of carbonyl (C=O) groups is 3. The Balaban J connectivity index is 1.71. The number of aliphatic carboxylic acids is 1. The number of hydrogen-bond donors (Lipinski definition) is 3. The summed E-state index contributed by atoms with van der Waals surface area (Å²) in [7, 11) is 0. The molecule has 116 valence electrons. The summed E-state index contributed by atoms with van der Waals surface area (Å²) < 4.78 is 0. The number of carboxylic acid groups (broad SMARTS) is 1. The molecule has 3 amide bonds. The van der Waals surface area contributed by atoms with E-state index in [9.17, 15) is 19.5 Å². The first kappa shape index (κ1) is 14.4. The van der Waals surface area contributed by atoms with Crippen molar-refractivity contribution in [3.63, 3.8) is 0 Å². The van der Waals surface area contributed by atoms with Crippen molar-refractivity contribution in [2.24, 2.45) is 0 Å². The molecule has 1 aliphatic carbocycles. The predicted molar refractivity (Wildman–Crippen MR) is 78.9 cm³/mol. The van der Waals surface area contributed by atoms with Crippen LogP contribution in [0.3, 0.4) is 0 Å². The predicted octanol–water partition coefficient (Wildman–Crippen LogP) is 0.953. The third-order valence-electron chi connectivity index (χ3n) is 4.27. The van der Waals surface area contributed by atoms with Crippen molar-refractivity contribution in [1.82, 2.24) is 10.6 Å². The lowest BCUT2D eigenvalue weighted by Gasteiger charge is -2.38. The molecule has 2 fully saturated rings. The Kier molecular flexibility index (Phi) is 3.48. The Morgan fingerprint density at radius 2 is 1.91 bits per heavy atom. The summed E-state index contributed by atoms with van der Waals surface area (Å²) in [4.78, 5) is 36.6. The van der Waals surface area contributed by atoms with Gasteiger partial charge in [0.2, 0.25) is 0 Å². The minimum absolute atomic E-state index is 0.156. The summed E-state index contributed by atoms with van der Waals surface area (Å²) in [5.74, 6) is -1.39. The average molecular weight is 303 g/mol. The van der Waals surface area contributed by atoms with E-state index in [-0.39, 0.29) is 6.03 Å². The molecule has 0 unspecified atom stereocenters. The zero-order valence-electron chi connectivity index (χ0n) is 12.0. The molecule has 1 saturated heterocycles. The maximum absolute atomic E-state index is 12.2. The van der Waals surface area contributed by atoms with Gasteiger partial charge in [-0.3, -0.25) is 9.69 Å². The Morgan fingerprint density at radius 1 is 1.23 bits per heavy atom. The fourth-order valence-corrected chi connectivity index (χ4v) is 2.72. The van der Waals surface area contributed by atoms with Crippen LogP contribution in [0.15, 0.2) is 24.3 Å². The van der Waals surface area contributed by atoms with Crippen LogP contribution >= 0.6 is 0 Å². The highest BCUT2D eigenvalue weighted by Crippen LogP contribution is 2.32. The topological polar surface area (TPSA) is 98.7 Å². The number of carboxylic acids is 1. The summed E-state index contributed by atoms with van der Waals surface area (Å²) in [5, 5.41) is 14.5. The van der Waals surface area contributed by atoms with E-state index in [4.69, 9.17) is 0 Å². The molecule has 1 heterocycles. The van der Waals surface area contributed by atoms with Crippen molar-refractivity contribution in [2.75, 3.05) is 18.0 Å². The minimum atomic E-state index is -1.12. The van der Waals surface area contributed by atoms with E-state index in [2.05, 4.69) is 10.6 Å². The van der Waals surface area contributed by atoms with E-state index in [1.54, 1.807) is 29.2 Å². The van der Waals surface area contributed by atoms with Crippen LogP contribution in [-0.4, -0.2) is 41.6 Å². The number of nitrogens with one attached hydrogen (secondary N) is 2. The van der Waals surface area contributed by atoms with Crippen LogP contribution < -0.4 is 15.5 Å². The third-order valence-corrected chi connectivity index (χ3v) is 4.27. The molecule has 22 heavy (non-hydrogen) atoms. The summed E-state index contributed by atoms with van der Waals surface area (Å²) in [6.45, 7) is 1.19. The van der Waals surface area contributed by atoms with Crippen LogP contribution in [0, 0.1) is 0 Å². The van der Waals surface area contributed by atoms with Crippen molar-refractivity contribution in [3.8, 4) is 0 Å². The first-order chi connectivity index (χ1) is 10.5. The van der Waals surface area contributed by atoms with Gasteiger partial charge in [0.25, 0.3) is 5.91 Å². The van der Waals surface area contributed by atoms with Crippen molar-refractivity contribution in [2.45, 2.75) is 24.8 Å². The molecule has 1 aliphatic heterocycles. The Bertz CT molecular complexity index is 622. The lowest BCUT2D eigenvalue weighted by Crippen LogP contribution is -2.59. The fourth-order valence-electron chi connectivity index (χ4n) is 2.72. The van der Waals surface area contributed by atoms with Crippen LogP contribution in [0.2, 0.25) is 0 Å². The standard InChI is InChI=1S/C15H17N3O4/c19-12(17-15(13(20)21)6-1-7-15)10-2-4-11(5-3-10)18-9-8-16-14(18)22/h2-5H,1,6-9H2,(H,16,22)(H,17,19)(H,20,21). The lowest BCUT2D eigenvalue weighted by molar-refractivity contribution is -0.148. The number of benzene rings is 1. The van der Waals surface area contributed by atoms with Gasteiger partial charge in [-0.25, -0.2) is 9.59 Å². The van der Waals surface area contributed by atoms with Gasteiger partial charge in [0.1, 0.15) is 5.54 Å². The molecule has 1 saturated carbocycles. The van der Waals surface area contributed by atoms with Crippen molar-refractivity contribution in [1.29, 1.82) is 0 Å². The molecule has 7 heteroatoms. The highest BCUT2D eigenvalue weighted by atomic mass is 16.4. The zero-order valence-corrected chi connectivity index (χ0v) is 12.0. The minimum Gasteiger partial charge on any atom is -0.480 e. The summed E-state index contributed by atoms with van der Waals surface area (Å²) >= 11 is 0. The number of anilines is 1. The maximum Gasteiger partial charge on any atom is 0.329 e. The second-order valence-electron chi connectivity index (χ2n) is 5.63. The quantitative estimate of drug-likeness (QED) is 0.771. The Morgan fingerprint density at radius 3 is 2.36 bits per heavy atom. The largest absolute Gasteiger partial charge is 0.480 e. The molecular formula is C15H17N3O4. The summed E-state index contributed by atoms with van der Waals surface area (Å²) in [6, 6.07) is 6.42. The summed E-state index contributed by atoms with van der Waals surface area (Å²) in [6.07, 6.45) is 1.72. The van der Waals surface area contributed by atoms with Gasteiger partial charge in [-0.2, -0.15) is 0 Å². The van der Waals surface area contributed by atoms with E-state index >= 15 is 0 Å². The monoisotopic (exact) mass is 303 g/mol. The van der Waals surface area contributed by atoms with Crippen molar-refractivity contribution >= 4 is 23.6 Å². The van der Waals surface area contributed by atoms with E-state index in [0.717, 1.165) is 6.42 Å². The molecular weight excluding hydrogens is 286 g/mol. The van der Waals surface area contributed by atoms with Gasteiger partial charge >= 0.3 is 12.0 Å².